The summed E-state index contributed by atoms with van der Waals surface area (Å²) in [5.74, 6) is 0. The highest BCUT2D eigenvalue weighted by Crippen LogP contribution is 2.30. The molecule has 0 fully saturated rings. The topological polar surface area (TPSA) is 15.8 Å². The smallest absolute Gasteiger partial charge is 0.0414 e. The summed E-state index contributed by atoms with van der Waals surface area (Å²) in [6.45, 7) is 2.13. The van der Waals surface area contributed by atoms with Crippen molar-refractivity contribution in [3.8, 4) is 0 Å². The summed E-state index contributed by atoms with van der Waals surface area (Å²) in [5, 5.41) is 0. The molecule has 1 aliphatic rings. The molecular weight excluding hydrogens is 202 g/mol. The van der Waals surface area contributed by atoms with Gasteiger partial charge in [0.15, 0.2) is 0 Å². The van der Waals surface area contributed by atoms with Crippen molar-refractivity contribution < 1.29 is 0 Å². The van der Waals surface area contributed by atoms with Crippen LogP contribution in [0.3, 0.4) is 0 Å². The van der Waals surface area contributed by atoms with E-state index in [4.69, 9.17) is 0 Å². The highest BCUT2D eigenvalue weighted by molar-refractivity contribution is 9.10. The number of fused-ring (bicyclic) bond motifs is 1. The summed E-state index contributed by atoms with van der Waals surface area (Å²) in [7, 11) is 0. The Hall–Kier alpha value is -0.240. The van der Waals surface area contributed by atoms with Gasteiger partial charge in [0, 0.05) is 15.9 Å². The summed E-state index contributed by atoms with van der Waals surface area (Å²) >= 11 is 3.60. The molecule has 0 amide bonds. The van der Waals surface area contributed by atoms with Crippen LogP contribution < -0.4 is 0 Å². The van der Waals surface area contributed by atoms with Gasteiger partial charge in [-0.05, 0) is 54.1 Å². The Labute approximate surface area is 75.3 Å². The Morgan fingerprint density at radius 3 is 2.73 bits per heavy atom. The molecule has 1 aromatic rings. The molecule has 2 heteroatoms. The standard InChI is InChI=1S/C9H12BrN/c1-6-9(10)7-4-2-3-5-8(7)11-6/h11H,2-5H2,1H3. The van der Waals surface area contributed by atoms with Gasteiger partial charge in [-0.25, -0.2) is 0 Å². The van der Waals surface area contributed by atoms with Crippen LogP contribution in [0, 0.1) is 6.92 Å². The first-order chi connectivity index (χ1) is 5.29. The number of rotatable bonds is 0. The van der Waals surface area contributed by atoms with Gasteiger partial charge in [-0.1, -0.05) is 0 Å². The molecule has 2 rings (SSSR count). The zero-order valence-electron chi connectivity index (χ0n) is 6.71. The van der Waals surface area contributed by atoms with Gasteiger partial charge < -0.3 is 4.98 Å². The Morgan fingerprint density at radius 2 is 2.00 bits per heavy atom. The number of halogens is 1. The van der Waals surface area contributed by atoms with E-state index in [1.165, 1.54) is 47.1 Å². The van der Waals surface area contributed by atoms with Crippen LogP contribution in [0.15, 0.2) is 4.47 Å². The van der Waals surface area contributed by atoms with Crippen molar-refractivity contribution in [1.82, 2.24) is 4.98 Å². The number of hydrogen-bond acceptors (Lipinski definition) is 0. The number of hydrogen-bond donors (Lipinski definition) is 1. The van der Waals surface area contributed by atoms with E-state index in [1.807, 2.05) is 0 Å². The number of aryl methyl sites for hydroxylation is 2. The first-order valence-corrected chi connectivity index (χ1v) is 4.94. The van der Waals surface area contributed by atoms with Gasteiger partial charge in [-0.15, -0.1) is 0 Å². The second-order valence-electron chi connectivity index (χ2n) is 3.23. The Balaban J connectivity index is 2.50. The molecule has 0 bridgehead atoms. The van der Waals surface area contributed by atoms with Gasteiger partial charge in [-0.3, -0.25) is 0 Å². The second-order valence-corrected chi connectivity index (χ2v) is 4.02. The molecule has 1 aromatic heterocycles. The minimum absolute atomic E-state index is 1.24. The minimum atomic E-state index is 1.24. The molecule has 0 saturated carbocycles. The molecule has 1 aliphatic carbocycles. The summed E-state index contributed by atoms with van der Waals surface area (Å²) in [4.78, 5) is 3.42. The molecule has 0 atom stereocenters. The maximum absolute atomic E-state index is 3.60. The van der Waals surface area contributed by atoms with Crippen LogP contribution in [-0.2, 0) is 12.8 Å². The fraction of sp³-hybridized carbons (Fsp3) is 0.556. The monoisotopic (exact) mass is 213 g/mol. The highest BCUT2D eigenvalue weighted by Gasteiger charge is 2.15. The van der Waals surface area contributed by atoms with Crippen LogP contribution in [0.25, 0.3) is 0 Å². The Bertz CT molecular complexity index is 275. The Morgan fingerprint density at radius 1 is 1.27 bits per heavy atom. The van der Waals surface area contributed by atoms with Crippen LogP contribution >= 0.6 is 15.9 Å². The lowest BCUT2D eigenvalue weighted by molar-refractivity contribution is 0.675. The van der Waals surface area contributed by atoms with E-state index in [1.54, 1.807) is 0 Å². The summed E-state index contributed by atoms with van der Waals surface area (Å²) < 4.78 is 1.31. The lowest BCUT2D eigenvalue weighted by atomic mass is 9.98. The van der Waals surface area contributed by atoms with Gasteiger partial charge in [0.05, 0.1) is 0 Å². The fourth-order valence-corrected chi connectivity index (χ4v) is 2.33. The van der Waals surface area contributed by atoms with E-state index in [2.05, 4.69) is 27.8 Å². The molecule has 0 spiro atoms. The van der Waals surface area contributed by atoms with Crippen molar-refractivity contribution in [1.29, 1.82) is 0 Å². The predicted molar refractivity (Wildman–Crippen MR) is 49.9 cm³/mol. The molecule has 0 saturated heterocycles. The minimum Gasteiger partial charge on any atom is -0.361 e. The summed E-state index contributed by atoms with van der Waals surface area (Å²) in [5.41, 5.74) is 4.27. The largest absolute Gasteiger partial charge is 0.361 e. The molecule has 60 valence electrons. The van der Waals surface area contributed by atoms with Crippen molar-refractivity contribution >= 4 is 15.9 Å². The highest BCUT2D eigenvalue weighted by atomic mass is 79.9. The van der Waals surface area contributed by atoms with Crippen LogP contribution in [0.5, 0.6) is 0 Å². The molecule has 0 aromatic carbocycles. The van der Waals surface area contributed by atoms with Gasteiger partial charge in [0.2, 0.25) is 0 Å². The molecule has 1 heterocycles. The van der Waals surface area contributed by atoms with Gasteiger partial charge >= 0.3 is 0 Å². The van der Waals surface area contributed by atoms with E-state index in [0.717, 1.165) is 0 Å². The quantitative estimate of drug-likeness (QED) is 0.683. The van der Waals surface area contributed by atoms with Crippen molar-refractivity contribution in [2.45, 2.75) is 32.6 Å². The average Bonchev–Trinajstić information content (AvgIpc) is 2.30. The number of nitrogens with one attached hydrogen (secondary N) is 1. The van der Waals surface area contributed by atoms with Crippen LogP contribution in [0.4, 0.5) is 0 Å². The van der Waals surface area contributed by atoms with Gasteiger partial charge in [-0.2, -0.15) is 0 Å². The van der Waals surface area contributed by atoms with Gasteiger partial charge in [0.1, 0.15) is 0 Å². The third-order valence-electron chi connectivity index (χ3n) is 2.40. The second kappa shape index (κ2) is 2.67. The molecular formula is C9H12BrN. The summed E-state index contributed by atoms with van der Waals surface area (Å²) in [6, 6.07) is 0. The van der Waals surface area contributed by atoms with Crippen LogP contribution in [0.1, 0.15) is 29.8 Å². The first-order valence-electron chi connectivity index (χ1n) is 4.15. The molecule has 1 N–H and O–H groups in total. The van der Waals surface area contributed by atoms with E-state index >= 15 is 0 Å². The Kier molecular flexibility index (Phi) is 1.80. The lowest BCUT2D eigenvalue weighted by Gasteiger charge is -2.10. The molecule has 0 unspecified atom stereocenters. The lowest BCUT2D eigenvalue weighted by Crippen LogP contribution is -2.00. The van der Waals surface area contributed by atoms with Crippen molar-refractivity contribution in [2.24, 2.45) is 0 Å². The van der Waals surface area contributed by atoms with Gasteiger partial charge in [0.25, 0.3) is 0 Å². The zero-order chi connectivity index (χ0) is 7.84. The maximum atomic E-state index is 3.60. The van der Waals surface area contributed by atoms with Crippen molar-refractivity contribution in [3.05, 3.63) is 21.4 Å². The maximum Gasteiger partial charge on any atom is 0.0414 e. The number of H-pyrrole nitrogens is 1. The third-order valence-corrected chi connectivity index (χ3v) is 3.47. The third kappa shape index (κ3) is 1.13. The van der Waals surface area contributed by atoms with Crippen LogP contribution in [0.2, 0.25) is 0 Å². The van der Waals surface area contributed by atoms with E-state index in [0.29, 0.717) is 0 Å². The van der Waals surface area contributed by atoms with Crippen LogP contribution in [-0.4, -0.2) is 4.98 Å². The average molecular weight is 214 g/mol. The molecule has 1 nitrogen and oxygen atoms in total. The van der Waals surface area contributed by atoms with E-state index < -0.39 is 0 Å². The molecule has 0 radical (unpaired) electrons. The number of aromatic nitrogens is 1. The predicted octanol–water partition coefficient (Wildman–Crippen LogP) is 2.96. The zero-order valence-corrected chi connectivity index (χ0v) is 8.29. The van der Waals surface area contributed by atoms with Crippen molar-refractivity contribution in [3.63, 3.8) is 0 Å². The van der Waals surface area contributed by atoms with Crippen molar-refractivity contribution in [2.75, 3.05) is 0 Å². The van der Waals surface area contributed by atoms with E-state index in [-0.39, 0.29) is 0 Å². The number of aromatic amines is 1. The SMILES string of the molecule is Cc1[nH]c2c(c1Br)CCCC2. The first kappa shape index (κ1) is 7.41. The van der Waals surface area contributed by atoms with E-state index in [9.17, 15) is 0 Å². The molecule has 11 heavy (non-hydrogen) atoms. The summed E-state index contributed by atoms with van der Waals surface area (Å²) in [6.07, 6.45) is 5.18. The normalized spacial score (nSPS) is 16.5. The molecule has 0 aliphatic heterocycles. The fourth-order valence-electron chi connectivity index (χ4n) is 1.79.